The molecule has 0 unspecified atom stereocenters. The smallest absolute Gasteiger partial charge is 0.167 e. The van der Waals surface area contributed by atoms with Crippen molar-refractivity contribution in [2.45, 2.75) is 19.9 Å². The zero-order chi connectivity index (χ0) is 9.68. The summed E-state index contributed by atoms with van der Waals surface area (Å²) in [4.78, 5) is 9.54. The zero-order valence-electron chi connectivity index (χ0n) is 7.65. The lowest BCUT2D eigenvalue weighted by atomic mass is 10.3. The van der Waals surface area contributed by atoms with Crippen LogP contribution in [0.5, 0.6) is 11.5 Å². The molecule has 1 aromatic rings. The first-order chi connectivity index (χ1) is 6.18. The Bertz CT molecular complexity index is 246. The van der Waals surface area contributed by atoms with Crippen LogP contribution in [0.15, 0.2) is 24.3 Å². The number of phenolic OH excluding ortho intramolecular Hbond substituents is 1. The minimum Gasteiger partial charge on any atom is -0.508 e. The van der Waals surface area contributed by atoms with Crippen LogP contribution in [0.1, 0.15) is 13.8 Å². The maximum Gasteiger partial charge on any atom is 0.167 e. The number of hydrogen-bond donors (Lipinski definition) is 2. The van der Waals surface area contributed by atoms with Crippen molar-refractivity contribution in [1.82, 2.24) is 5.48 Å². The molecule has 0 saturated heterocycles. The van der Waals surface area contributed by atoms with Crippen LogP contribution in [-0.2, 0) is 4.99 Å². The molecule has 0 bridgehead atoms. The summed E-state index contributed by atoms with van der Waals surface area (Å²) < 4.78 is 0. The molecule has 0 aliphatic rings. The molecule has 0 heterocycles. The number of nitrogens with one attached hydrogen (secondary N) is 1. The normalized spacial score (nSPS) is 10.4. The summed E-state index contributed by atoms with van der Waals surface area (Å²) in [6, 6.07) is 6.45. The van der Waals surface area contributed by atoms with E-state index in [0.717, 1.165) is 0 Å². The van der Waals surface area contributed by atoms with Crippen LogP contribution in [0.25, 0.3) is 0 Å². The second-order valence-electron chi connectivity index (χ2n) is 2.93. The number of benzene rings is 1. The van der Waals surface area contributed by atoms with Gasteiger partial charge in [-0.15, -0.1) is 0 Å². The van der Waals surface area contributed by atoms with Crippen LogP contribution in [0.2, 0.25) is 0 Å². The van der Waals surface area contributed by atoms with Crippen LogP contribution in [0.4, 0.5) is 0 Å². The molecule has 1 aromatic carbocycles. The molecule has 0 amide bonds. The highest BCUT2D eigenvalue weighted by Gasteiger charge is 1.96. The van der Waals surface area contributed by atoms with Gasteiger partial charge in [0.25, 0.3) is 0 Å². The number of hydrogen-bond acceptors (Lipinski definition) is 4. The first-order valence-electron chi connectivity index (χ1n) is 4.06. The SMILES string of the molecule is CC(C)NOOc1ccc(O)cc1. The lowest BCUT2D eigenvalue weighted by Gasteiger charge is -2.07. The van der Waals surface area contributed by atoms with E-state index < -0.39 is 0 Å². The molecule has 0 aliphatic heterocycles. The minimum atomic E-state index is 0.192. The average molecular weight is 183 g/mol. The molecular formula is C9H13NO3. The third-order valence-corrected chi connectivity index (χ3v) is 1.26. The Morgan fingerprint density at radius 1 is 1.23 bits per heavy atom. The van der Waals surface area contributed by atoms with Gasteiger partial charge in [0.15, 0.2) is 5.75 Å². The van der Waals surface area contributed by atoms with E-state index in [-0.39, 0.29) is 11.8 Å². The molecule has 2 N–H and O–H groups in total. The third-order valence-electron chi connectivity index (χ3n) is 1.26. The van der Waals surface area contributed by atoms with E-state index in [4.69, 9.17) is 9.99 Å². The Balaban J connectivity index is 2.33. The van der Waals surface area contributed by atoms with Crippen LogP contribution in [0.3, 0.4) is 0 Å². The van der Waals surface area contributed by atoms with Gasteiger partial charge in [-0.2, -0.15) is 5.48 Å². The minimum absolute atomic E-state index is 0.192. The Kier molecular flexibility index (Phi) is 3.54. The number of aromatic hydroxyl groups is 1. The van der Waals surface area contributed by atoms with Crippen LogP contribution >= 0.6 is 0 Å². The standard InChI is InChI=1S/C9H13NO3/c1-7(2)10-13-12-9-5-3-8(11)4-6-9/h3-7,10-11H,1-2H3. The van der Waals surface area contributed by atoms with Gasteiger partial charge in [-0.25, -0.2) is 0 Å². The highest BCUT2D eigenvalue weighted by atomic mass is 17.3. The Hall–Kier alpha value is -1.26. The topological polar surface area (TPSA) is 50.7 Å². The summed E-state index contributed by atoms with van der Waals surface area (Å²) in [5.74, 6) is 0.732. The second kappa shape index (κ2) is 4.69. The summed E-state index contributed by atoms with van der Waals surface area (Å²) in [6.45, 7) is 3.86. The summed E-state index contributed by atoms with van der Waals surface area (Å²) in [7, 11) is 0. The molecule has 72 valence electrons. The van der Waals surface area contributed by atoms with Crippen molar-refractivity contribution >= 4 is 0 Å². The molecule has 0 spiro atoms. The van der Waals surface area contributed by atoms with Gasteiger partial charge in [0.05, 0.1) is 0 Å². The predicted molar refractivity (Wildman–Crippen MR) is 48.1 cm³/mol. The molecule has 4 heteroatoms. The van der Waals surface area contributed by atoms with Crippen molar-refractivity contribution in [3.05, 3.63) is 24.3 Å². The molecule has 0 aliphatic carbocycles. The molecule has 13 heavy (non-hydrogen) atoms. The molecular weight excluding hydrogens is 170 g/mol. The molecule has 0 radical (unpaired) electrons. The lowest BCUT2D eigenvalue weighted by Crippen LogP contribution is -2.24. The van der Waals surface area contributed by atoms with Crippen molar-refractivity contribution in [1.29, 1.82) is 0 Å². The summed E-state index contributed by atoms with van der Waals surface area (Å²) in [6.07, 6.45) is 0. The number of hydroxylamine groups is 1. The molecule has 0 aromatic heterocycles. The van der Waals surface area contributed by atoms with E-state index in [9.17, 15) is 0 Å². The van der Waals surface area contributed by atoms with E-state index in [0.29, 0.717) is 5.75 Å². The second-order valence-corrected chi connectivity index (χ2v) is 2.93. The van der Waals surface area contributed by atoms with E-state index >= 15 is 0 Å². The molecule has 1 rings (SSSR count). The first kappa shape index (κ1) is 9.83. The first-order valence-corrected chi connectivity index (χ1v) is 4.06. The van der Waals surface area contributed by atoms with Gasteiger partial charge in [-0.3, -0.25) is 0 Å². The van der Waals surface area contributed by atoms with E-state index in [1.165, 1.54) is 12.1 Å². The van der Waals surface area contributed by atoms with Gasteiger partial charge in [-0.1, -0.05) is 4.99 Å². The number of phenols is 1. The Morgan fingerprint density at radius 2 is 1.85 bits per heavy atom. The quantitative estimate of drug-likeness (QED) is 0.550. The molecule has 0 fully saturated rings. The van der Waals surface area contributed by atoms with Crippen LogP contribution in [-0.4, -0.2) is 11.1 Å². The van der Waals surface area contributed by atoms with E-state index in [1.54, 1.807) is 12.1 Å². The third kappa shape index (κ3) is 3.78. The van der Waals surface area contributed by atoms with Gasteiger partial charge in [0.2, 0.25) is 0 Å². The van der Waals surface area contributed by atoms with Gasteiger partial charge >= 0.3 is 0 Å². The summed E-state index contributed by atoms with van der Waals surface area (Å²) >= 11 is 0. The van der Waals surface area contributed by atoms with Gasteiger partial charge in [0.1, 0.15) is 5.75 Å². The van der Waals surface area contributed by atoms with E-state index in [2.05, 4.69) is 10.5 Å². The van der Waals surface area contributed by atoms with Crippen LogP contribution < -0.4 is 10.4 Å². The van der Waals surface area contributed by atoms with Crippen molar-refractivity contribution < 1.29 is 15.0 Å². The van der Waals surface area contributed by atoms with Crippen molar-refractivity contribution in [3.8, 4) is 11.5 Å². The predicted octanol–water partition coefficient (Wildman–Crippen LogP) is 1.62. The fourth-order valence-electron chi connectivity index (χ4n) is 0.670. The fourth-order valence-corrected chi connectivity index (χ4v) is 0.670. The summed E-state index contributed by atoms with van der Waals surface area (Å²) in [5.41, 5.74) is 2.62. The average Bonchev–Trinajstić information content (AvgIpc) is 2.08. The Labute approximate surface area is 77.0 Å². The van der Waals surface area contributed by atoms with Gasteiger partial charge in [-0.05, 0) is 38.1 Å². The highest BCUT2D eigenvalue weighted by molar-refractivity contribution is 5.29. The molecule has 0 saturated carbocycles. The maximum absolute atomic E-state index is 8.96. The largest absolute Gasteiger partial charge is 0.508 e. The highest BCUT2D eigenvalue weighted by Crippen LogP contribution is 2.15. The van der Waals surface area contributed by atoms with E-state index in [1.807, 2.05) is 13.8 Å². The van der Waals surface area contributed by atoms with Crippen molar-refractivity contribution in [2.24, 2.45) is 0 Å². The summed E-state index contributed by atoms with van der Waals surface area (Å²) in [5, 5.41) is 8.96. The lowest BCUT2D eigenvalue weighted by molar-refractivity contribution is -0.264. The van der Waals surface area contributed by atoms with Gasteiger partial charge < -0.3 is 9.99 Å². The van der Waals surface area contributed by atoms with Crippen LogP contribution in [0, 0.1) is 0 Å². The zero-order valence-corrected chi connectivity index (χ0v) is 7.65. The molecule has 0 atom stereocenters. The fraction of sp³-hybridized carbons (Fsp3) is 0.333. The van der Waals surface area contributed by atoms with Crippen molar-refractivity contribution in [3.63, 3.8) is 0 Å². The Morgan fingerprint density at radius 3 is 2.38 bits per heavy atom. The maximum atomic E-state index is 8.96. The number of rotatable bonds is 4. The monoisotopic (exact) mass is 183 g/mol. The van der Waals surface area contributed by atoms with Crippen molar-refractivity contribution in [2.75, 3.05) is 0 Å². The molecule has 4 nitrogen and oxygen atoms in total. The van der Waals surface area contributed by atoms with Gasteiger partial charge in [0, 0.05) is 6.04 Å².